The first-order chi connectivity index (χ1) is 27.1. The van der Waals surface area contributed by atoms with Crippen molar-refractivity contribution in [1.82, 2.24) is 9.38 Å². The summed E-state index contributed by atoms with van der Waals surface area (Å²) >= 11 is 0. The third kappa shape index (κ3) is 5.95. The lowest BCUT2D eigenvalue weighted by atomic mass is 9.93. The Hall–Kier alpha value is -6.84. The predicted molar refractivity (Wildman–Crippen MR) is 231 cm³/mol. The quantitative estimate of drug-likeness (QED) is 0.175. The number of fused-ring (bicyclic) bond motifs is 6. The van der Waals surface area contributed by atoms with Gasteiger partial charge in [-0.15, -0.1) is 0 Å². The Morgan fingerprint density at radius 2 is 1.15 bits per heavy atom. The lowest BCUT2D eigenvalue weighted by molar-refractivity contribution is 0.773. The molecule has 9 aromatic rings. The highest BCUT2D eigenvalue weighted by Gasteiger charge is 2.21. The van der Waals surface area contributed by atoms with Gasteiger partial charge in [0.2, 0.25) is 0 Å². The Bertz CT molecular complexity index is 2950. The molecule has 0 fully saturated rings. The number of allylic oxidation sites excluding steroid dienone is 1. The Morgan fingerprint density at radius 1 is 0.545 bits per heavy atom. The first-order valence-corrected chi connectivity index (χ1v) is 19.1. The third-order valence-electron chi connectivity index (χ3n) is 11.1. The average molecular weight is 706 g/mol. The standard InChI is InChI=1S/C52H39N3/c1-34-29-46(38-13-5-3-6-14-38)42-17-9-11-19-44(42)50(30-34)53-48-27-25-40(31-35(48)2)36-21-23-37(24-22-36)41-26-28-49-51(32-41)55-33-47(39-15-7-4-8-16-39)43-18-10-12-20-45(43)52(55)54-49/h3-29,31-34H,30H2,1-2H3. The second-order valence-electron chi connectivity index (χ2n) is 14.8. The molecule has 1 aliphatic rings. The van der Waals surface area contributed by atoms with E-state index < -0.39 is 0 Å². The molecule has 10 rings (SSSR count). The minimum atomic E-state index is 0.361. The van der Waals surface area contributed by atoms with E-state index in [1.54, 1.807) is 0 Å². The fourth-order valence-corrected chi connectivity index (χ4v) is 8.31. The second-order valence-corrected chi connectivity index (χ2v) is 14.8. The molecule has 1 atom stereocenters. The highest BCUT2D eigenvalue weighted by molar-refractivity contribution is 6.08. The van der Waals surface area contributed by atoms with Gasteiger partial charge in [0.25, 0.3) is 0 Å². The molecule has 0 N–H and O–H groups in total. The monoisotopic (exact) mass is 705 g/mol. The molecule has 2 aromatic heterocycles. The van der Waals surface area contributed by atoms with Crippen LogP contribution in [0.3, 0.4) is 0 Å². The summed E-state index contributed by atoms with van der Waals surface area (Å²) < 4.78 is 2.26. The minimum Gasteiger partial charge on any atom is -0.298 e. The third-order valence-corrected chi connectivity index (χ3v) is 11.1. The SMILES string of the molecule is Cc1cc(-c2ccc(-c3ccc4nc5c6ccccc6c(-c6ccccc6)cn5c4c3)cc2)ccc1N=C1CC(C)C=C(c2ccccc2)c2ccccc21. The summed E-state index contributed by atoms with van der Waals surface area (Å²) in [5, 5.41) is 2.36. The number of hydrogen-bond donors (Lipinski definition) is 0. The molecule has 1 aliphatic carbocycles. The van der Waals surface area contributed by atoms with Crippen molar-refractivity contribution in [2.45, 2.75) is 20.3 Å². The van der Waals surface area contributed by atoms with Crippen LogP contribution in [-0.4, -0.2) is 15.1 Å². The maximum Gasteiger partial charge on any atom is 0.145 e. The molecule has 262 valence electrons. The highest BCUT2D eigenvalue weighted by Crippen LogP contribution is 2.37. The number of aryl methyl sites for hydroxylation is 1. The van der Waals surface area contributed by atoms with Gasteiger partial charge in [0.05, 0.1) is 16.7 Å². The summed E-state index contributed by atoms with van der Waals surface area (Å²) in [6.07, 6.45) is 5.55. The molecule has 7 aromatic carbocycles. The van der Waals surface area contributed by atoms with Gasteiger partial charge in [0, 0.05) is 28.4 Å². The van der Waals surface area contributed by atoms with Crippen molar-refractivity contribution in [2.75, 3.05) is 0 Å². The van der Waals surface area contributed by atoms with Crippen molar-refractivity contribution in [3.8, 4) is 33.4 Å². The number of rotatable bonds is 5. The molecule has 0 amide bonds. The number of benzene rings is 7. The highest BCUT2D eigenvalue weighted by atomic mass is 15.0. The normalized spacial score (nSPS) is 15.0. The van der Waals surface area contributed by atoms with Crippen molar-refractivity contribution in [2.24, 2.45) is 10.9 Å². The summed E-state index contributed by atoms with van der Waals surface area (Å²) in [6, 6.07) is 60.9. The number of imidazole rings is 1. The molecule has 1 unspecified atom stereocenters. The van der Waals surface area contributed by atoms with Crippen molar-refractivity contribution in [3.05, 3.63) is 204 Å². The van der Waals surface area contributed by atoms with E-state index in [2.05, 4.69) is 200 Å². The van der Waals surface area contributed by atoms with E-state index in [0.29, 0.717) is 5.92 Å². The topological polar surface area (TPSA) is 29.7 Å². The van der Waals surface area contributed by atoms with E-state index in [1.807, 2.05) is 0 Å². The number of pyridine rings is 1. The molecule has 3 nitrogen and oxygen atoms in total. The zero-order valence-corrected chi connectivity index (χ0v) is 30.9. The molecular weight excluding hydrogens is 667 g/mol. The molecule has 0 radical (unpaired) electrons. The largest absolute Gasteiger partial charge is 0.298 e. The molecule has 0 saturated carbocycles. The van der Waals surface area contributed by atoms with Gasteiger partial charge in [-0.1, -0.05) is 159 Å². The molecule has 0 aliphatic heterocycles. The summed E-state index contributed by atoms with van der Waals surface area (Å²) in [5.41, 5.74) is 18.5. The van der Waals surface area contributed by atoms with Crippen LogP contribution in [-0.2, 0) is 0 Å². The van der Waals surface area contributed by atoms with Crippen LogP contribution in [0.25, 0.3) is 66.4 Å². The first kappa shape index (κ1) is 32.8. The summed E-state index contributed by atoms with van der Waals surface area (Å²) in [5.74, 6) is 0.361. The van der Waals surface area contributed by atoms with E-state index in [-0.39, 0.29) is 0 Å². The Balaban J connectivity index is 0.965. The van der Waals surface area contributed by atoms with Gasteiger partial charge < -0.3 is 0 Å². The molecule has 55 heavy (non-hydrogen) atoms. The number of nitrogens with zero attached hydrogens (tertiary/aromatic N) is 3. The Morgan fingerprint density at radius 3 is 1.87 bits per heavy atom. The van der Waals surface area contributed by atoms with E-state index in [1.165, 1.54) is 66.6 Å². The van der Waals surface area contributed by atoms with Crippen molar-refractivity contribution >= 4 is 44.4 Å². The second kappa shape index (κ2) is 13.5. The van der Waals surface area contributed by atoms with Gasteiger partial charge in [-0.25, -0.2) is 4.98 Å². The Labute approximate surface area is 321 Å². The van der Waals surface area contributed by atoms with Crippen molar-refractivity contribution < 1.29 is 0 Å². The molecule has 0 saturated heterocycles. The maximum absolute atomic E-state index is 5.34. The van der Waals surface area contributed by atoms with Gasteiger partial charge in [0.15, 0.2) is 0 Å². The van der Waals surface area contributed by atoms with Gasteiger partial charge in [-0.3, -0.25) is 9.39 Å². The zero-order chi connectivity index (χ0) is 36.9. The van der Waals surface area contributed by atoms with Gasteiger partial charge in [-0.05, 0) is 99.0 Å². The molecular formula is C52H39N3. The molecule has 0 bridgehead atoms. The van der Waals surface area contributed by atoms with Crippen LogP contribution in [0.5, 0.6) is 0 Å². The molecule has 0 spiro atoms. The fourth-order valence-electron chi connectivity index (χ4n) is 8.31. The van der Waals surface area contributed by atoms with Crippen LogP contribution < -0.4 is 0 Å². The molecule has 3 heteroatoms. The smallest absolute Gasteiger partial charge is 0.145 e. The lowest BCUT2D eigenvalue weighted by Gasteiger charge is -2.13. The maximum atomic E-state index is 5.34. The van der Waals surface area contributed by atoms with Crippen LogP contribution in [0.4, 0.5) is 5.69 Å². The van der Waals surface area contributed by atoms with Crippen molar-refractivity contribution in [3.63, 3.8) is 0 Å². The van der Waals surface area contributed by atoms with Gasteiger partial charge in [-0.2, -0.15) is 0 Å². The van der Waals surface area contributed by atoms with E-state index in [0.717, 1.165) is 39.9 Å². The number of aromatic nitrogens is 2. The van der Waals surface area contributed by atoms with Crippen LogP contribution in [0.1, 0.15) is 35.6 Å². The van der Waals surface area contributed by atoms with Crippen LogP contribution >= 0.6 is 0 Å². The zero-order valence-electron chi connectivity index (χ0n) is 30.9. The van der Waals surface area contributed by atoms with E-state index in [9.17, 15) is 0 Å². The van der Waals surface area contributed by atoms with E-state index >= 15 is 0 Å². The summed E-state index contributed by atoms with van der Waals surface area (Å²) in [6.45, 7) is 4.47. The molecule has 2 heterocycles. The first-order valence-electron chi connectivity index (χ1n) is 19.1. The van der Waals surface area contributed by atoms with Crippen LogP contribution in [0.2, 0.25) is 0 Å². The minimum absolute atomic E-state index is 0.361. The fraction of sp³-hybridized carbons (Fsp3) is 0.0769. The number of hydrogen-bond acceptors (Lipinski definition) is 2. The predicted octanol–water partition coefficient (Wildman–Crippen LogP) is 13.5. The average Bonchev–Trinajstić information content (AvgIpc) is 3.55. The van der Waals surface area contributed by atoms with Crippen LogP contribution in [0.15, 0.2) is 187 Å². The van der Waals surface area contributed by atoms with Gasteiger partial charge >= 0.3 is 0 Å². The van der Waals surface area contributed by atoms with Crippen molar-refractivity contribution in [1.29, 1.82) is 0 Å². The number of aliphatic imine (C=N–C) groups is 1. The lowest BCUT2D eigenvalue weighted by Crippen LogP contribution is -2.05. The van der Waals surface area contributed by atoms with Crippen LogP contribution in [0, 0.1) is 12.8 Å². The van der Waals surface area contributed by atoms with Gasteiger partial charge in [0.1, 0.15) is 5.65 Å². The summed E-state index contributed by atoms with van der Waals surface area (Å²) in [4.78, 5) is 10.4. The van der Waals surface area contributed by atoms with E-state index in [4.69, 9.17) is 9.98 Å². The Kier molecular flexibility index (Phi) is 8.07. The summed E-state index contributed by atoms with van der Waals surface area (Å²) in [7, 11) is 0.